The maximum Gasteiger partial charge on any atom is 0.251 e. The standard InChI is InChI=1S/C21H26N2O3/c1-3-16(17-8-6-5-7-9-17)14-22-20(24)15-23-21(25)18-10-12-19(13-11-18)26-4-2/h5-13,16H,3-4,14-15H2,1-2H3,(H,22,24)(H,23,25). The summed E-state index contributed by atoms with van der Waals surface area (Å²) in [5.74, 6) is 0.507. The van der Waals surface area contributed by atoms with Gasteiger partial charge >= 0.3 is 0 Å². The Morgan fingerprint density at radius 3 is 2.27 bits per heavy atom. The monoisotopic (exact) mass is 354 g/mol. The maximum absolute atomic E-state index is 12.1. The molecule has 2 aromatic rings. The van der Waals surface area contributed by atoms with Crippen LogP contribution in [0.4, 0.5) is 0 Å². The Bertz CT molecular complexity index is 699. The van der Waals surface area contributed by atoms with Gasteiger partial charge in [0.1, 0.15) is 5.75 Å². The molecule has 5 nitrogen and oxygen atoms in total. The predicted molar refractivity (Wildman–Crippen MR) is 102 cm³/mol. The highest BCUT2D eigenvalue weighted by Crippen LogP contribution is 2.17. The number of benzene rings is 2. The van der Waals surface area contributed by atoms with Gasteiger partial charge in [-0.1, -0.05) is 37.3 Å². The summed E-state index contributed by atoms with van der Waals surface area (Å²) in [4.78, 5) is 24.1. The fraction of sp³-hybridized carbons (Fsp3) is 0.333. The van der Waals surface area contributed by atoms with E-state index in [-0.39, 0.29) is 24.3 Å². The van der Waals surface area contributed by atoms with Crippen LogP contribution in [0.3, 0.4) is 0 Å². The van der Waals surface area contributed by atoms with Gasteiger partial charge in [-0.3, -0.25) is 9.59 Å². The quantitative estimate of drug-likeness (QED) is 0.727. The van der Waals surface area contributed by atoms with Gasteiger partial charge in [-0.2, -0.15) is 0 Å². The lowest BCUT2D eigenvalue weighted by atomic mass is 9.96. The van der Waals surface area contributed by atoms with Crippen LogP contribution in [0.2, 0.25) is 0 Å². The molecule has 0 aromatic heterocycles. The molecule has 0 aliphatic heterocycles. The van der Waals surface area contributed by atoms with Gasteiger partial charge in [0.05, 0.1) is 13.2 Å². The third-order valence-corrected chi connectivity index (χ3v) is 4.15. The van der Waals surface area contributed by atoms with Gasteiger partial charge < -0.3 is 15.4 Å². The van der Waals surface area contributed by atoms with Crippen LogP contribution in [0.1, 0.15) is 42.1 Å². The van der Waals surface area contributed by atoms with Crippen molar-refractivity contribution in [1.82, 2.24) is 10.6 Å². The lowest BCUT2D eigenvalue weighted by molar-refractivity contribution is -0.120. The number of carbonyl (C=O) groups is 2. The zero-order chi connectivity index (χ0) is 18.8. The number of ether oxygens (including phenoxy) is 1. The second-order valence-corrected chi connectivity index (χ2v) is 5.96. The van der Waals surface area contributed by atoms with Crippen molar-refractivity contribution in [3.05, 3.63) is 65.7 Å². The Morgan fingerprint density at radius 1 is 0.962 bits per heavy atom. The lowest BCUT2D eigenvalue weighted by Crippen LogP contribution is -2.38. The summed E-state index contributed by atoms with van der Waals surface area (Å²) in [6.45, 7) is 5.08. The molecule has 0 radical (unpaired) electrons. The van der Waals surface area contributed by atoms with Crippen molar-refractivity contribution < 1.29 is 14.3 Å². The first-order valence-electron chi connectivity index (χ1n) is 8.96. The molecule has 2 aromatic carbocycles. The molecule has 138 valence electrons. The van der Waals surface area contributed by atoms with Gasteiger partial charge in [-0.15, -0.1) is 0 Å². The van der Waals surface area contributed by atoms with E-state index in [0.29, 0.717) is 24.5 Å². The minimum Gasteiger partial charge on any atom is -0.494 e. The summed E-state index contributed by atoms with van der Waals surface area (Å²) in [5.41, 5.74) is 1.70. The molecule has 26 heavy (non-hydrogen) atoms. The van der Waals surface area contributed by atoms with Crippen LogP contribution in [0.5, 0.6) is 5.75 Å². The van der Waals surface area contributed by atoms with Crippen molar-refractivity contribution in [3.8, 4) is 5.75 Å². The van der Waals surface area contributed by atoms with Crippen LogP contribution in [0, 0.1) is 0 Å². The lowest BCUT2D eigenvalue weighted by Gasteiger charge is -2.16. The second-order valence-electron chi connectivity index (χ2n) is 5.96. The van der Waals surface area contributed by atoms with Crippen molar-refractivity contribution in [2.45, 2.75) is 26.2 Å². The smallest absolute Gasteiger partial charge is 0.251 e. The number of rotatable bonds is 9. The van der Waals surface area contributed by atoms with Crippen molar-refractivity contribution in [3.63, 3.8) is 0 Å². The van der Waals surface area contributed by atoms with E-state index in [1.807, 2.05) is 25.1 Å². The zero-order valence-electron chi connectivity index (χ0n) is 15.3. The Balaban J connectivity index is 1.78. The molecule has 0 fully saturated rings. The molecule has 0 saturated carbocycles. The minimum atomic E-state index is -0.279. The summed E-state index contributed by atoms with van der Waals surface area (Å²) in [7, 11) is 0. The van der Waals surface area contributed by atoms with Crippen LogP contribution in [0.25, 0.3) is 0 Å². The molecule has 5 heteroatoms. The maximum atomic E-state index is 12.1. The first-order chi connectivity index (χ1) is 12.6. The minimum absolute atomic E-state index is 0.0444. The molecule has 2 amide bonds. The fourth-order valence-electron chi connectivity index (χ4n) is 2.65. The molecule has 0 heterocycles. The number of carbonyl (C=O) groups excluding carboxylic acids is 2. The van der Waals surface area contributed by atoms with Gasteiger partial charge in [-0.25, -0.2) is 0 Å². The predicted octanol–water partition coefficient (Wildman–Crippen LogP) is 3.13. The summed E-state index contributed by atoms with van der Waals surface area (Å²) < 4.78 is 5.34. The van der Waals surface area contributed by atoms with Crippen LogP contribution in [-0.2, 0) is 4.79 Å². The van der Waals surface area contributed by atoms with E-state index in [4.69, 9.17) is 4.74 Å². The van der Waals surface area contributed by atoms with Crippen molar-refractivity contribution in [1.29, 1.82) is 0 Å². The average Bonchev–Trinajstić information content (AvgIpc) is 2.68. The first-order valence-corrected chi connectivity index (χ1v) is 8.96. The fourth-order valence-corrected chi connectivity index (χ4v) is 2.65. The Kier molecular flexibility index (Phi) is 7.68. The topological polar surface area (TPSA) is 67.4 Å². The van der Waals surface area contributed by atoms with E-state index >= 15 is 0 Å². The van der Waals surface area contributed by atoms with Gasteiger partial charge in [0.15, 0.2) is 0 Å². The SMILES string of the molecule is CCOc1ccc(C(=O)NCC(=O)NCC(CC)c2ccccc2)cc1. The van der Waals surface area contributed by atoms with E-state index in [0.717, 1.165) is 6.42 Å². The van der Waals surface area contributed by atoms with Crippen LogP contribution in [-0.4, -0.2) is 31.5 Å². The van der Waals surface area contributed by atoms with Crippen molar-refractivity contribution >= 4 is 11.8 Å². The molecule has 0 spiro atoms. The van der Waals surface area contributed by atoms with E-state index in [2.05, 4.69) is 29.7 Å². The number of hydrogen-bond acceptors (Lipinski definition) is 3. The van der Waals surface area contributed by atoms with Gasteiger partial charge in [0.25, 0.3) is 5.91 Å². The van der Waals surface area contributed by atoms with Crippen LogP contribution >= 0.6 is 0 Å². The Hall–Kier alpha value is -2.82. The molecule has 0 saturated heterocycles. The summed E-state index contributed by atoms with van der Waals surface area (Å²) in [5, 5.41) is 5.53. The van der Waals surface area contributed by atoms with E-state index in [9.17, 15) is 9.59 Å². The van der Waals surface area contributed by atoms with E-state index in [1.54, 1.807) is 24.3 Å². The largest absolute Gasteiger partial charge is 0.494 e. The number of amides is 2. The number of nitrogens with one attached hydrogen (secondary N) is 2. The first kappa shape index (κ1) is 19.5. The third-order valence-electron chi connectivity index (χ3n) is 4.15. The number of hydrogen-bond donors (Lipinski definition) is 2. The molecule has 2 rings (SSSR count). The summed E-state index contributed by atoms with van der Waals surface area (Å²) in [6.07, 6.45) is 0.933. The molecule has 2 N–H and O–H groups in total. The van der Waals surface area contributed by atoms with Gasteiger partial charge in [0, 0.05) is 18.0 Å². The average molecular weight is 354 g/mol. The van der Waals surface area contributed by atoms with Crippen LogP contribution < -0.4 is 15.4 Å². The van der Waals surface area contributed by atoms with Gasteiger partial charge in [-0.05, 0) is 43.2 Å². The third kappa shape index (κ3) is 5.92. The normalized spacial score (nSPS) is 11.5. The Labute approximate surface area is 154 Å². The van der Waals surface area contributed by atoms with Crippen LogP contribution in [0.15, 0.2) is 54.6 Å². The molecule has 0 aliphatic rings. The van der Waals surface area contributed by atoms with E-state index in [1.165, 1.54) is 5.56 Å². The van der Waals surface area contributed by atoms with Crippen molar-refractivity contribution in [2.24, 2.45) is 0 Å². The zero-order valence-corrected chi connectivity index (χ0v) is 15.3. The molecule has 1 unspecified atom stereocenters. The van der Waals surface area contributed by atoms with Gasteiger partial charge in [0.2, 0.25) is 5.91 Å². The molecular weight excluding hydrogens is 328 g/mol. The highest BCUT2D eigenvalue weighted by Gasteiger charge is 2.12. The highest BCUT2D eigenvalue weighted by molar-refractivity contribution is 5.96. The Morgan fingerprint density at radius 2 is 1.65 bits per heavy atom. The summed E-state index contributed by atoms with van der Waals surface area (Å²) in [6, 6.07) is 16.9. The molecular formula is C21H26N2O3. The molecule has 1 atom stereocenters. The summed E-state index contributed by atoms with van der Waals surface area (Å²) >= 11 is 0. The van der Waals surface area contributed by atoms with Crippen molar-refractivity contribution in [2.75, 3.05) is 19.7 Å². The van der Waals surface area contributed by atoms with E-state index < -0.39 is 0 Å². The molecule has 0 bridgehead atoms. The second kappa shape index (κ2) is 10.2. The highest BCUT2D eigenvalue weighted by atomic mass is 16.5. The molecule has 0 aliphatic carbocycles.